The first-order chi connectivity index (χ1) is 12.4. The van der Waals surface area contributed by atoms with Crippen molar-refractivity contribution in [2.45, 2.75) is 13.8 Å². The van der Waals surface area contributed by atoms with E-state index in [0.717, 1.165) is 28.9 Å². The minimum atomic E-state index is -0.862. The number of aryl methyl sites for hydroxylation is 2. The number of anilines is 3. The van der Waals surface area contributed by atoms with E-state index >= 15 is 0 Å². The van der Waals surface area contributed by atoms with E-state index in [1.807, 2.05) is 32.0 Å². The molecule has 26 heavy (non-hydrogen) atoms. The van der Waals surface area contributed by atoms with Crippen LogP contribution in [0.2, 0.25) is 0 Å². The van der Waals surface area contributed by atoms with E-state index in [9.17, 15) is 13.6 Å². The zero-order valence-electron chi connectivity index (χ0n) is 14.2. The highest BCUT2D eigenvalue weighted by Gasteiger charge is 2.14. The van der Waals surface area contributed by atoms with Crippen LogP contribution < -0.4 is 10.6 Å². The number of para-hydroxylation sites is 1. The first kappa shape index (κ1) is 17.5. The molecular weight excluding hydrogens is 338 g/mol. The van der Waals surface area contributed by atoms with Crippen molar-refractivity contribution in [2.75, 3.05) is 10.6 Å². The van der Waals surface area contributed by atoms with Gasteiger partial charge in [0.1, 0.15) is 28.8 Å². The summed E-state index contributed by atoms with van der Waals surface area (Å²) in [5.74, 6) is -2.03. The average molecular weight is 354 g/mol. The van der Waals surface area contributed by atoms with Crippen molar-refractivity contribution in [3.63, 3.8) is 0 Å². The molecule has 0 unspecified atom stereocenters. The summed E-state index contributed by atoms with van der Waals surface area (Å²) < 4.78 is 27.2. The van der Waals surface area contributed by atoms with Crippen LogP contribution >= 0.6 is 0 Å². The smallest absolute Gasteiger partial charge is 0.276 e. The van der Waals surface area contributed by atoms with Gasteiger partial charge >= 0.3 is 0 Å². The quantitative estimate of drug-likeness (QED) is 0.730. The molecular formula is C19H16F2N4O. The van der Waals surface area contributed by atoms with Crippen LogP contribution in [-0.2, 0) is 0 Å². The minimum Gasteiger partial charge on any atom is -0.339 e. The second-order valence-electron chi connectivity index (χ2n) is 5.84. The largest absolute Gasteiger partial charge is 0.339 e. The Kier molecular flexibility index (Phi) is 4.88. The van der Waals surface area contributed by atoms with Gasteiger partial charge in [-0.05, 0) is 49.2 Å². The number of nitrogens with one attached hydrogen (secondary N) is 2. The second kappa shape index (κ2) is 7.26. The Balaban J connectivity index is 1.73. The summed E-state index contributed by atoms with van der Waals surface area (Å²) in [5.41, 5.74) is 2.48. The monoisotopic (exact) mass is 354 g/mol. The van der Waals surface area contributed by atoms with Gasteiger partial charge in [-0.25, -0.2) is 18.7 Å². The van der Waals surface area contributed by atoms with Crippen LogP contribution in [0.5, 0.6) is 0 Å². The molecule has 2 N–H and O–H groups in total. The van der Waals surface area contributed by atoms with E-state index < -0.39 is 23.2 Å². The highest BCUT2D eigenvalue weighted by molar-refractivity contribution is 6.02. The predicted octanol–water partition coefficient (Wildman–Crippen LogP) is 4.37. The average Bonchev–Trinajstić information content (AvgIpc) is 2.58. The molecule has 3 rings (SSSR count). The Morgan fingerprint density at radius 3 is 2.19 bits per heavy atom. The van der Waals surface area contributed by atoms with Gasteiger partial charge in [0.2, 0.25) is 0 Å². The number of rotatable bonds is 4. The zero-order valence-corrected chi connectivity index (χ0v) is 14.2. The summed E-state index contributed by atoms with van der Waals surface area (Å²) in [4.78, 5) is 20.2. The SMILES string of the molecule is Cc1cc(C)cc(Nc2cnc(C(=O)Nc3c(F)cccc3F)cn2)c1. The number of benzene rings is 2. The Morgan fingerprint density at radius 2 is 1.62 bits per heavy atom. The highest BCUT2D eigenvalue weighted by atomic mass is 19.1. The van der Waals surface area contributed by atoms with Crippen molar-refractivity contribution in [3.05, 3.63) is 77.2 Å². The van der Waals surface area contributed by atoms with Crippen LogP contribution in [0.4, 0.5) is 26.0 Å². The van der Waals surface area contributed by atoms with Gasteiger partial charge in [-0.3, -0.25) is 4.79 Å². The number of amides is 1. The first-order valence-electron chi connectivity index (χ1n) is 7.85. The van der Waals surface area contributed by atoms with Crippen LogP contribution in [0.3, 0.4) is 0 Å². The molecule has 0 fully saturated rings. The molecule has 0 spiro atoms. The summed E-state index contributed by atoms with van der Waals surface area (Å²) in [6.45, 7) is 3.97. The predicted molar refractivity (Wildman–Crippen MR) is 95.5 cm³/mol. The molecule has 0 aliphatic carbocycles. The zero-order chi connectivity index (χ0) is 18.7. The van der Waals surface area contributed by atoms with E-state index in [2.05, 4.69) is 20.6 Å². The van der Waals surface area contributed by atoms with Crippen molar-refractivity contribution in [1.29, 1.82) is 0 Å². The van der Waals surface area contributed by atoms with Gasteiger partial charge in [-0.2, -0.15) is 0 Å². The molecule has 0 radical (unpaired) electrons. The van der Waals surface area contributed by atoms with E-state index in [1.165, 1.54) is 18.5 Å². The molecule has 2 aromatic carbocycles. The van der Waals surface area contributed by atoms with Crippen LogP contribution in [0.15, 0.2) is 48.8 Å². The van der Waals surface area contributed by atoms with Crippen LogP contribution in [0.1, 0.15) is 21.6 Å². The Hall–Kier alpha value is -3.35. The first-order valence-corrected chi connectivity index (χ1v) is 7.85. The van der Waals surface area contributed by atoms with Gasteiger partial charge in [-0.1, -0.05) is 12.1 Å². The molecule has 7 heteroatoms. The topological polar surface area (TPSA) is 66.9 Å². The molecule has 0 bridgehead atoms. The fourth-order valence-electron chi connectivity index (χ4n) is 2.50. The number of halogens is 2. The van der Waals surface area contributed by atoms with Crippen LogP contribution in [0.25, 0.3) is 0 Å². The standard InChI is InChI=1S/C19H16F2N4O/c1-11-6-12(2)8-13(7-11)24-17-10-22-16(9-23-17)19(26)25-18-14(20)4-3-5-15(18)21/h3-10H,1-2H3,(H,23,24)(H,25,26). The number of nitrogens with zero attached hydrogens (tertiary/aromatic N) is 2. The van der Waals surface area contributed by atoms with Gasteiger partial charge in [0.15, 0.2) is 0 Å². The molecule has 1 heterocycles. The van der Waals surface area contributed by atoms with Crippen molar-refractivity contribution in [3.8, 4) is 0 Å². The van der Waals surface area contributed by atoms with Crippen molar-refractivity contribution in [2.24, 2.45) is 0 Å². The summed E-state index contributed by atoms with van der Waals surface area (Å²) in [6, 6.07) is 9.29. The number of aromatic nitrogens is 2. The van der Waals surface area contributed by atoms with E-state index in [1.54, 1.807) is 0 Å². The van der Waals surface area contributed by atoms with Crippen molar-refractivity contribution in [1.82, 2.24) is 9.97 Å². The molecule has 0 aliphatic rings. The lowest BCUT2D eigenvalue weighted by Gasteiger charge is -2.09. The third-order valence-corrected chi connectivity index (χ3v) is 3.58. The molecule has 3 aromatic rings. The Morgan fingerprint density at radius 1 is 0.962 bits per heavy atom. The lowest BCUT2D eigenvalue weighted by atomic mass is 10.1. The molecule has 1 aromatic heterocycles. The summed E-state index contributed by atoms with van der Waals surface area (Å²) >= 11 is 0. The van der Waals surface area contributed by atoms with Crippen molar-refractivity contribution < 1.29 is 13.6 Å². The fourth-order valence-corrected chi connectivity index (χ4v) is 2.50. The highest BCUT2D eigenvalue weighted by Crippen LogP contribution is 2.20. The Bertz CT molecular complexity index is 918. The van der Waals surface area contributed by atoms with Crippen LogP contribution in [0, 0.1) is 25.5 Å². The summed E-state index contributed by atoms with van der Waals surface area (Å²) in [5, 5.41) is 5.26. The number of hydrogen-bond donors (Lipinski definition) is 2. The molecule has 0 aliphatic heterocycles. The van der Waals surface area contributed by atoms with E-state index in [4.69, 9.17) is 0 Å². The molecule has 0 saturated heterocycles. The summed E-state index contributed by atoms with van der Waals surface area (Å²) in [6.07, 6.45) is 2.61. The molecule has 0 atom stereocenters. The maximum absolute atomic E-state index is 13.6. The van der Waals surface area contributed by atoms with E-state index in [-0.39, 0.29) is 5.69 Å². The van der Waals surface area contributed by atoms with Crippen LogP contribution in [-0.4, -0.2) is 15.9 Å². The normalized spacial score (nSPS) is 10.5. The third-order valence-electron chi connectivity index (χ3n) is 3.58. The summed E-state index contributed by atoms with van der Waals surface area (Å²) in [7, 11) is 0. The van der Waals surface area contributed by atoms with E-state index in [0.29, 0.717) is 5.82 Å². The second-order valence-corrected chi connectivity index (χ2v) is 5.84. The minimum absolute atomic E-state index is 0.0568. The number of hydrogen-bond acceptors (Lipinski definition) is 4. The maximum Gasteiger partial charge on any atom is 0.276 e. The van der Waals surface area contributed by atoms with Gasteiger partial charge in [0.25, 0.3) is 5.91 Å². The number of carbonyl (C=O) groups excluding carboxylic acids is 1. The lowest BCUT2D eigenvalue weighted by molar-refractivity contribution is 0.102. The lowest BCUT2D eigenvalue weighted by Crippen LogP contribution is -2.16. The molecule has 1 amide bonds. The third kappa shape index (κ3) is 4.00. The molecule has 0 saturated carbocycles. The maximum atomic E-state index is 13.6. The fraction of sp³-hybridized carbons (Fsp3) is 0.105. The Labute approximate surface area is 149 Å². The van der Waals surface area contributed by atoms with Crippen molar-refractivity contribution >= 4 is 23.1 Å². The molecule has 132 valence electrons. The van der Waals surface area contributed by atoms with Gasteiger partial charge in [0.05, 0.1) is 12.4 Å². The number of carbonyl (C=O) groups is 1. The van der Waals surface area contributed by atoms with Gasteiger partial charge in [0, 0.05) is 5.69 Å². The molecule has 5 nitrogen and oxygen atoms in total. The van der Waals surface area contributed by atoms with Gasteiger partial charge < -0.3 is 10.6 Å². The van der Waals surface area contributed by atoms with Gasteiger partial charge in [-0.15, -0.1) is 0 Å².